The van der Waals surface area contributed by atoms with E-state index in [4.69, 9.17) is 4.18 Å². The molecule has 4 rings (SSSR count). The summed E-state index contributed by atoms with van der Waals surface area (Å²) in [5, 5.41) is 10.1. The van der Waals surface area contributed by atoms with Crippen LogP contribution in [0.15, 0.2) is 0 Å². The van der Waals surface area contributed by atoms with Gasteiger partial charge in [0.2, 0.25) is 10.4 Å². The molecule has 0 aliphatic heterocycles. The fourth-order valence-electron chi connectivity index (χ4n) is 7.49. The highest BCUT2D eigenvalue weighted by molar-refractivity contribution is 7.80. The molecule has 4 aliphatic rings. The molecule has 0 radical (unpaired) electrons. The first kappa shape index (κ1) is 18.2. The van der Waals surface area contributed by atoms with Crippen molar-refractivity contribution in [3.05, 3.63) is 0 Å². The van der Waals surface area contributed by atoms with Crippen LogP contribution in [0.2, 0.25) is 0 Å². The maximum atomic E-state index is 11.2. The first-order chi connectivity index (χ1) is 11.6. The molecule has 4 fully saturated rings. The van der Waals surface area contributed by atoms with E-state index in [1.807, 2.05) is 0 Å². The highest BCUT2D eigenvalue weighted by atomic mass is 32.3. The first-order valence-corrected chi connectivity index (χ1v) is 11.3. The Hall–Kier alpha value is -0.170. The van der Waals surface area contributed by atoms with Gasteiger partial charge in [0.1, 0.15) is 0 Å². The topological polar surface area (TPSA) is 86.7 Å². The molecule has 0 saturated heterocycles. The van der Waals surface area contributed by atoms with Crippen LogP contribution in [-0.2, 0) is 14.6 Å². The molecule has 0 spiro atoms. The molecule has 3 unspecified atom stereocenters. The second-order valence-corrected chi connectivity index (χ2v) is 10.7. The third-order valence-electron chi connectivity index (χ3n) is 8.79. The van der Waals surface area contributed by atoms with Gasteiger partial charge in [-0.05, 0) is 92.3 Å². The summed E-state index contributed by atoms with van der Waals surface area (Å²) < 4.78 is 38.4. The molecule has 144 valence electrons. The number of fused-ring (bicyclic) bond motifs is 5. The van der Waals surface area contributed by atoms with Gasteiger partial charge >= 0.3 is 0 Å². The molecule has 25 heavy (non-hydrogen) atoms. The molecule has 8 atom stereocenters. The normalized spacial score (nSPS) is 53.0. The predicted octanol–water partition coefficient (Wildman–Crippen LogP) is 3.24. The van der Waals surface area contributed by atoms with Crippen molar-refractivity contribution in [2.24, 2.45) is 34.5 Å². The van der Waals surface area contributed by atoms with E-state index in [-0.39, 0.29) is 11.5 Å². The Kier molecular flexibility index (Phi) is 4.31. The van der Waals surface area contributed by atoms with E-state index in [9.17, 15) is 18.1 Å². The molecule has 1 N–H and O–H groups in total. The third kappa shape index (κ3) is 2.88. The Labute approximate surface area is 151 Å². The largest absolute Gasteiger partial charge is 0.726 e. The summed E-state index contributed by atoms with van der Waals surface area (Å²) in [6.45, 7) is 4.59. The Balaban J connectivity index is 1.58. The average Bonchev–Trinajstić information content (AvgIpc) is 2.83. The van der Waals surface area contributed by atoms with Gasteiger partial charge in [0, 0.05) is 0 Å². The Morgan fingerprint density at radius 2 is 1.64 bits per heavy atom. The van der Waals surface area contributed by atoms with E-state index in [1.165, 1.54) is 12.8 Å². The van der Waals surface area contributed by atoms with Gasteiger partial charge in [-0.2, -0.15) is 0 Å². The van der Waals surface area contributed by atoms with Crippen molar-refractivity contribution in [2.45, 2.75) is 83.8 Å². The highest BCUT2D eigenvalue weighted by Crippen LogP contribution is 2.66. The number of hydrogen-bond donors (Lipinski definition) is 1. The predicted molar refractivity (Wildman–Crippen MR) is 92.3 cm³/mol. The molecule has 4 saturated carbocycles. The molecule has 0 amide bonds. The molecular weight excluding hydrogens is 340 g/mol. The number of hydrogen-bond acceptors (Lipinski definition) is 5. The van der Waals surface area contributed by atoms with Crippen LogP contribution >= 0.6 is 0 Å². The first-order valence-electron chi connectivity index (χ1n) is 9.96. The van der Waals surface area contributed by atoms with Gasteiger partial charge in [-0.1, -0.05) is 13.8 Å². The van der Waals surface area contributed by atoms with Crippen LogP contribution in [0.25, 0.3) is 0 Å². The van der Waals surface area contributed by atoms with Crippen LogP contribution in [0.3, 0.4) is 0 Å². The minimum Gasteiger partial charge on any atom is -0.726 e. The minimum atomic E-state index is -4.64. The summed E-state index contributed by atoms with van der Waals surface area (Å²) in [4.78, 5) is 0. The summed E-state index contributed by atoms with van der Waals surface area (Å²) in [5.41, 5.74) is 0.128. The quantitative estimate of drug-likeness (QED) is 0.595. The Morgan fingerprint density at radius 1 is 0.960 bits per heavy atom. The molecular formula is C19H31O5S-. The van der Waals surface area contributed by atoms with E-state index in [1.54, 1.807) is 0 Å². The second kappa shape index (κ2) is 5.91. The molecule has 0 aromatic rings. The monoisotopic (exact) mass is 371 g/mol. The maximum absolute atomic E-state index is 11.2. The standard InChI is InChI=1S/C19H32O5S/c1-18-9-7-13(20)11-12(18)3-4-14-15-5-6-17(24-25(21,22)23)19(15,2)10-8-16(14)18/h12-17,20H,3-11H2,1-2H3,(H,21,22,23)/p-1/t12?,13?,14-,15-,16-,17?,18-,19-/m0/s1. The lowest BCUT2D eigenvalue weighted by Gasteiger charge is -2.60. The molecule has 0 aromatic carbocycles. The van der Waals surface area contributed by atoms with Gasteiger partial charge in [0.05, 0.1) is 12.2 Å². The van der Waals surface area contributed by atoms with E-state index in [0.29, 0.717) is 35.5 Å². The van der Waals surface area contributed by atoms with Crippen molar-refractivity contribution in [1.82, 2.24) is 0 Å². The van der Waals surface area contributed by atoms with Crippen molar-refractivity contribution in [3.8, 4) is 0 Å². The van der Waals surface area contributed by atoms with E-state index < -0.39 is 16.5 Å². The van der Waals surface area contributed by atoms with Crippen LogP contribution < -0.4 is 0 Å². The zero-order valence-corrected chi connectivity index (χ0v) is 16.1. The van der Waals surface area contributed by atoms with Gasteiger partial charge in [-0.15, -0.1) is 0 Å². The maximum Gasteiger partial charge on any atom is 0.217 e. The van der Waals surface area contributed by atoms with Gasteiger partial charge in [0.15, 0.2) is 0 Å². The van der Waals surface area contributed by atoms with Crippen LogP contribution in [-0.4, -0.2) is 30.3 Å². The van der Waals surface area contributed by atoms with E-state index >= 15 is 0 Å². The number of aliphatic hydroxyl groups is 1. The van der Waals surface area contributed by atoms with Crippen LogP contribution in [0.5, 0.6) is 0 Å². The Morgan fingerprint density at radius 3 is 2.36 bits per heavy atom. The summed E-state index contributed by atoms with van der Waals surface area (Å²) >= 11 is 0. The van der Waals surface area contributed by atoms with Crippen molar-refractivity contribution in [3.63, 3.8) is 0 Å². The van der Waals surface area contributed by atoms with Crippen LogP contribution in [0.4, 0.5) is 0 Å². The van der Waals surface area contributed by atoms with Gasteiger partial charge in [-0.25, -0.2) is 8.42 Å². The minimum absolute atomic E-state index is 0.130. The van der Waals surface area contributed by atoms with Crippen molar-refractivity contribution < 1.29 is 22.3 Å². The fraction of sp³-hybridized carbons (Fsp3) is 1.00. The average molecular weight is 372 g/mol. The van der Waals surface area contributed by atoms with Crippen molar-refractivity contribution in [2.75, 3.05) is 0 Å². The van der Waals surface area contributed by atoms with Gasteiger partial charge in [0.25, 0.3) is 0 Å². The van der Waals surface area contributed by atoms with E-state index in [2.05, 4.69) is 13.8 Å². The molecule has 0 aromatic heterocycles. The van der Waals surface area contributed by atoms with E-state index in [0.717, 1.165) is 38.5 Å². The molecule has 4 aliphatic carbocycles. The number of rotatable bonds is 2. The zero-order chi connectivity index (χ0) is 18.0. The van der Waals surface area contributed by atoms with Crippen molar-refractivity contribution in [1.29, 1.82) is 0 Å². The third-order valence-corrected chi connectivity index (χ3v) is 9.25. The summed E-state index contributed by atoms with van der Waals surface area (Å²) in [6, 6.07) is 0. The summed E-state index contributed by atoms with van der Waals surface area (Å²) in [7, 11) is -4.64. The lowest BCUT2D eigenvalue weighted by atomic mass is 9.45. The SMILES string of the molecule is C[C@]12CCC(O)CC1CC[C@@H]1[C@@H]2CC[C@]2(C)C(OS(=O)(=O)[O-])CC[C@@H]12. The fourth-order valence-corrected chi connectivity index (χ4v) is 8.09. The van der Waals surface area contributed by atoms with Crippen molar-refractivity contribution >= 4 is 10.4 Å². The molecule has 5 nitrogen and oxygen atoms in total. The smallest absolute Gasteiger partial charge is 0.217 e. The zero-order valence-electron chi connectivity index (χ0n) is 15.3. The molecule has 0 heterocycles. The van der Waals surface area contributed by atoms with Crippen LogP contribution in [0, 0.1) is 34.5 Å². The summed E-state index contributed by atoms with van der Waals surface area (Å²) in [5.74, 6) is 2.36. The second-order valence-electron chi connectivity index (χ2n) is 9.70. The van der Waals surface area contributed by atoms with Gasteiger partial charge in [-0.3, -0.25) is 4.18 Å². The Bertz CT molecular complexity index is 634. The molecule has 0 bridgehead atoms. The lowest BCUT2D eigenvalue weighted by molar-refractivity contribution is -0.131. The number of aliphatic hydroxyl groups excluding tert-OH is 1. The highest BCUT2D eigenvalue weighted by Gasteiger charge is 2.60. The lowest BCUT2D eigenvalue weighted by Crippen LogP contribution is -2.54. The summed E-state index contributed by atoms with van der Waals surface area (Å²) in [6.07, 6.45) is 8.45. The van der Waals surface area contributed by atoms with Crippen LogP contribution in [0.1, 0.15) is 71.6 Å². The molecule has 6 heteroatoms. The van der Waals surface area contributed by atoms with Gasteiger partial charge < -0.3 is 9.66 Å².